The average Bonchev–Trinajstić information content (AvgIpc) is 2.44. The van der Waals surface area contributed by atoms with Crippen molar-refractivity contribution in [3.8, 4) is 0 Å². The van der Waals surface area contributed by atoms with Crippen LogP contribution in [0.4, 0.5) is 0 Å². The van der Waals surface area contributed by atoms with Gasteiger partial charge in [0, 0.05) is 0 Å². The van der Waals surface area contributed by atoms with E-state index in [1.165, 1.54) is 6.42 Å². The highest BCUT2D eigenvalue weighted by Crippen LogP contribution is 2.38. The molecule has 2 atom stereocenters. The Bertz CT molecular complexity index is 201. The van der Waals surface area contributed by atoms with Crippen molar-refractivity contribution >= 4 is 8.80 Å². The number of hydrogen-bond donors (Lipinski definition) is 0. The summed E-state index contributed by atoms with van der Waals surface area (Å²) in [6, 6.07) is 0. The molecular formula is C9H13Si. The first-order valence-electron chi connectivity index (χ1n) is 3.98. The third kappa shape index (κ3) is 0.806. The first-order valence-corrected chi connectivity index (χ1v) is 6.48. The summed E-state index contributed by atoms with van der Waals surface area (Å²) in [6.07, 6.45) is 8.65. The number of rotatable bonds is 1. The van der Waals surface area contributed by atoms with E-state index in [-0.39, 0.29) is 8.80 Å². The lowest BCUT2D eigenvalue weighted by Crippen LogP contribution is -2.10. The first-order chi connectivity index (χ1) is 4.77. The van der Waals surface area contributed by atoms with Gasteiger partial charge in [-0.15, -0.1) is 0 Å². The van der Waals surface area contributed by atoms with E-state index in [1.807, 2.05) is 0 Å². The molecule has 0 N–H and O–H groups in total. The van der Waals surface area contributed by atoms with Crippen molar-refractivity contribution in [3.05, 3.63) is 23.4 Å². The number of fused-ring (bicyclic) bond motifs is 2. The molecule has 0 spiro atoms. The van der Waals surface area contributed by atoms with E-state index >= 15 is 0 Å². The summed E-state index contributed by atoms with van der Waals surface area (Å²) >= 11 is 0. The van der Waals surface area contributed by atoms with Crippen molar-refractivity contribution in [1.82, 2.24) is 0 Å². The largest absolute Gasteiger partial charge is 0.0819 e. The highest BCUT2D eigenvalue weighted by molar-refractivity contribution is 6.64. The van der Waals surface area contributed by atoms with Crippen LogP contribution in [0.25, 0.3) is 0 Å². The van der Waals surface area contributed by atoms with Crippen molar-refractivity contribution in [1.29, 1.82) is 0 Å². The first kappa shape index (κ1) is 6.41. The van der Waals surface area contributed by atoms with Crippen LogP contribution in [-0.4, -0.2) is 8.80 Å². The van der Waals surface area contributed by atoms with Crippen molar-refractivity contribution < 1.29 is 0 Å². The molecule has 0 aromatic carbocycles. The van der Waals surface area contributed by atoms with Crippen LogP contribution in [-0.2, 0) is 0 Å². The van der Waals surface area contributed by atoms with Crippen LogP contribution in [0.3, 0.4) is 0 Å². The molecule has 2 unspecified atom stereocenters. The Hall–Kier alpha value is -0.303. The van der Waals surface area contributed by atoms with Gasteiger partial charge in [0.1, 0.15) is 0 Å². The lowest BCUT2D eigenvalue weighted by molar-refractivity contribution is 0.725. The Morgan fingerprint density at radius 3 is 2.50 bits per heavy atom. The van der Waals surface area contributed by atoms with E-state index in [4.69, 9.17) is 0 Å². The molecule has 0 amide bonds. The van der Waals surface area contributed by atoms with E-state index in [0.717, 1.165) is 11.8 Å². The van der Waals surface area contributed by atoms with E-state index in [0.29, 0.717) is 0 Å². The third-order valence-corrected chi connectivity index (χ3v) is 4.18. The summed E-state index contributed by atoms with van der Waals surface area (Å²) in [7, 11) is -0.132. The molecule has 2 bridgehead atoms. The quantitative estimate of drug-likeness (QED) is 0.397. The molecule has 0 nitrogen and oxygen atoms in total. The Labute approximate surface area is 64.2 Å². The molecule has 10 heavy (non-hydrogen) atoms. The smallest absolute Gasteiger partial charge is 0.0740 e. The average molecular weight is 149 g/mol. The van der Waals surface area contributed by atoms with Crippen molar-refractivity contribution in [2.45, 2.75) is 19.5 Å². The summed E-state index contributed by atoms with van der Waals surface area (Å²) in [5.41, 5.74) is 0. The maximum Gasteiger partial charge on any atom is 0.0740 e. The summed E-state index contributed by atoms with van der Waals surface area (Å²) in [5.74, 6) is 1.67. The van der Waals surface area contributed by atoms with Crippen molar-refractivity contribution in [2.24, 2.45) is 11.8 Å². The third-order valence-electron chi connectivity index (χ3n) is 2.49. The fourth-order valence-electron chi connectivity index (χ4n) is 1.97. The van der Waals surface area contributed by atoms with Gasteiger partial charge in [-0.2, -0.15) is 0 Å². The molecule has 0 aliphatic heterocycles. The molecular weight excluding hydrogens is 136 g/mol. The highest BCUT2D eigenvalue weighted by Gasteiger charge is 2.29. The van der Waals surface area contributed by atoms with Crippen LogP contribution in [0.1, 0.15) is 6.42 Å². The van der Waals surface area contributed by atoms with E-state index < -0.39 is 0 Å². The Morgan fingerprint density at radius 1 is 1.40 bits per heavy atom. The van der Waals surface area contributed by atoms with Crippen LogP contribution in [0.2, 0.25) is 13.1 Å². The lowest BCUT2D eigenvalue weighted by atomic mass is 10.2. The van der Waals surface area contributed by atoms with Gasteiger partial charge in [-0.3, -0.25) is 0 Å². The molecule has 0 heterocycles. The standard InChI is InChI=1S/C9H13Si/c1-10(2)9-6-7-3-4-8(9)5-7/h3-4,6-8H,5H2,1-2H3. The predicted octanol–water partition coefficient (Wildman–Crippen LogP) is 2.41. The zero-order valence-corrected chi connectivity index (χ0v) is 7.59. The topological polar surface area (TPSA) is 0 Å². The van der Waals surface area contributed by atoms with Crippen LogP contribution in [0.15, 0.2) is 23.4 Å². The minimum absolute atomic E-state index is 0.132. The Kier molecular flexibility index (Phi) is 1.34. The molecule has 1 heteroatoms. The van der Waals surface area contributed by atoms with Crippen LogP contribution in [0, 0.1) is 11.8 Å². The molecule has 1 radical (unpaired) electrons. The van der Waals surface area contributed by atoms with Crippen LogP contribution >= 0.6 is 0 Å². The fourth-order valence-corrected chi connectivity index (χ4v) is 3.48. The van der Waals surface area contributed by atoms with Gasteiger partial charge >= 0.3 is 0 Å². The van der Waals surface area contributed by atoms with Gasteiger partial charge < -0.3 is 0 Å². The zero-order valence-electron chi connectivity index (χ0n) is 6.59. The number of allylic oxidation sites excluding steroid dienone is 4. The second-order valence-electron chi connectivity index (χ2n) is 3.51. The molecule has 0 aromatic heterocycles. The zero-order chi connectivity index (χ0) is 7.14. The lowest BCUT2D eigenvalue weighted by Gasteiger charge is -2.11. The Balaban J connectivity index is 2.21. The molecule has 0 aromatic rings. The summed E-state index contributed by atoms with van der Waals surface area (Å²) in [5, 5.41) is 1.78. The van der Waals surface area contributed by atoms with Crippen molar-refractivity contribution in [2.75, 3.05) is 0 Å². The highest BCUT2D eigenvalue weighted by atomic mass is 28.3. The SMILES string of the molecule is C[Si](C)C1=CC2C=CC1C2. The maximum atomic E-state index is 2.50. The van der Waals surface area contributed by atoms with Gasteiger partial charge in [0.05, 0.1) is 8.80 Å². The second kappa shape index (κ2) is 2.09. The molecule has 2 aliphatic carbocycles. The Morgan fingerprint density at radius 2 is 2.20 bits per heavy atom. The van der Waals surface area contributed by atoms with Crippen molar-refractivity contribution in [3.63, 3.8) is 0 Å². The molecule has 53 valence electrons. The van der Waals surface area contributed by atoms with Gasteiger partial charge in [-0.05, 0) is 18.3 Å². The molecule has 2 rings (SSSR count). The van der Waals surface area contributed by atoms with Crippen LogP contribution < -0.4 is 0 Å². The summed E-state index contributed by atoms with van der Waals surface area (Å²) in [6.45, 7) is 4.79. The number of hydrogen-bond acceptors (Lipinski definition) is 0. The van der Waals surface area contributed by atoms with E-state index in [9.17, 15) is 0 Å². The van der Waals surface area contributed by atoms with E-state index in [1.54, 1.807) is 5.20 Å². The normalized spacial score (nSPS) is 35.7. The molecule has 0 fully saturated rings. The minimum Gasteiger partial charge on any atom is -0.0819 e. The summed E-state index contributed by atoms with van der Waals surface area (Å²) < 4.78 is 0. The molecule has 0 saturated heterocycles. The van der Waals surface area contributed by atoms with Gasteiger partial charge in [-0.1, -0.05) is 36.5 Å². The minimum atomic E-state index is -0.132. The van der Waals surface area contributed by atoms with E-state index in [2.05, 4.69) is 31.3 Å². The van der Waals surface area contributed by atoms with Gasteiger partial charge in [0.2, 0.25) is 0 Å². The summed E-state index contributed by atoms with van der Waals surface area (Å²) in [4.78, 5) is 0. The monoisotopic (exact) mass is 149 g/mol. The second-order valence-corrected chi connectivity index (χ2v) is 6.09. The van der Waals surface area contributed by atoms with Gasteiger partial charge in [-0.25, -0.2) is 0 Å². The molecule has 2 aliphatic rings. The fraction of sp³-hybridized carbons (Fsp3) is 0.556. The van der Waals surface area contributed by atoms with Crippen LogP contribution in [0.5, 0.6) is 0 Å². The predicted molar refractivity (Wildman–Crippen MR) is 46.3 cm³/mol. The molecule has 0 saturated carbocycles. The maximum absolute atomic E-state index is 2.50. The van der Waals surface area contributed by atoms with Gasteiger partial charge in [0.15, 0.2) is 0 Å². The van der Waals surface area contributed by atoms with Gasteiger partial charge in [0.25, 0.3) is 0 Å².